The molecule has 0 saturated heterocycles. The lowest BCUT2D eigenvalue weighted by Crippen LogP contribution is -2.15. The number of carboxylic acids is 1. The third kappa shape index (κ3) is 5.92. The molecule has 0 aliphatic rings. The Morgan fingerprint density at radius 3 is 2.04 bits per heavy atom. The van der Waals surface area contributed by atoms with Gasteiger partial charge in [-0.2, -0.15) is 0 Å². The van der Waals surface area contributed by atoms with Gasteiger partial charge in [0.25, 0.3) is 0 Å². The first-order valence-corrected chi connectivity index (χ1v) is 10.2. The quantitative estimate of drug-likeness (QED) is 0.723. The number of hydrogen-bond acceptors (Lipinski definition) is 4. The number of amides is 1. The molecule has 2 aromatic carbocycles. The number of anilines is 1. The summed E-state index contributed by atoms with van der Waals surface area (Å²) in [6.07, 6.45) is 0.631. The normalized spacial score (nSPS) is 11.4. The van der Waals surface area contributed by atoms with Crippen LogP contribution in [0.15, 0.2) is 53.4 Å². The Hall–Kier alpha value is -2.67. The van der Waals surface area contributed by atoms with Crippen molar-refractivity contribution in [3.8, 4) is 0 Å². The molecular weight excluding hydrogens is 366 g/mol. The van der Waals surface area contributed by atoms with Gasteiger partial charge >= 0.3 is 5.97 Å². The van der Waals surface area contributed by atoms with E-state index in [9.17, 15) is 18.0 Å². The first kappa shape index (κ1) is 20.6. The van der Waals surface area contributed by atoms with Crippen LogP contribution in [0.5, 0.6) is 0 Å². The summed E-state index contributed by atoms with van der Waals surface area (Å²) in [6.45, 7) is 3.26. The third-order valence-electron chi connectivity index (χ3n) is 4.10. The molecule has 1 amide bonds. The summed E-state index contributed by atoms with van der Waals surface area (Å²) in [6, 6.07) is 13.4. The highest BCUT2D eigenvalue weighted by Gasteiger charge is 2.18. The van der Waals surface area contributed by atoms with Crippen molar-refractivity contribution in [1.29, 1.82) is 0 Å². The van der Waals surface area contributed by atoms with Gasteiger partial charge in [-0.05, 0) is 55.7 Å². The van der Waals surface area contributed by atoms with Crippen LogP contribution in [-0.4, -0.2) is 30.7 Å². The minimum absolute atomic E-state index is 0.0637. The van der Waals surface area contributed by atoms with Crippen molar-refractivity contribution in [2.75, 3.05) is 5.32 Å². The van der Waals surface area contributed by atoms with Crippen LogP contribution in [0.2, 0.25) is 0 Å². The van der Waals surface area contributed by atoms with Crippen molar-refractivity contribution in [3.05, 3.63) is 59.7 Å². The average molecular weight is 389 g/mol. The minimum Gasteiger partial charge on any atom is -0.481 e. The lowest BCUT2D eigenvalue weighted by Gasteiger charge is -2.09. The van der Waals surface area contributed by atoms with E-state index in [1.807, 2.05) is 0 Å². The molecule has 144 valence electrons. The van der Waals surface area contributed by atoms with Gasteiger partial charge in [-0.15, -0.1) is 0 Å². The smallest absolute Gasteiger partial charge is 0.303 e. The van der Waals surface area contributed by atoms with E-state index in [2.05, 4.69) is 5.32 Å². The van der Waals surface area contributed by atoms with Crippen LogP contribution >= 0.6 is 0 Å². The van der Waals surface area contributed by atoms with Crippen molar-refractivity contribution in [3.63, 3.8) is 0 Å². The Labute approximate surface area is 159 Å². The van der Waals surface area contributed by atoms with Crippen LogP contribution in [0.4, 0.5) is 5.69 Å². The van der Waals surface area contributed by atoms with Crippen molar-refractivity contribution in [2.24, 2.45) is 0 Å². The Balaban J connectivity index is 1.94. The molecule has 0 bridgehead atoms. The van der Waals surface area contributed by atoms with Gasteiger partial charge in [-0.1, -0.05) is 24.3 Å². The fourth-order valence-corrected chi connectivity index (χ4v) is 3.53. The highest BCUT2D eigenvalue weighted by Crippen LogP contribution is 2.17. The Morgan fingerprint density at radius 1 is 0.963 bits per heavy atom. The molecule has 0 unspecified atom stereocenters. The molecule has 7 heteroatoms. The number of carboxylic acid groups (broad SMARTS) is 1. The Bertz CT molecular complexity index is 900. The van der Waals surface area contributed by atoms with Crippen LogP contribution in [0.3, 0.4) is 0 Å². The molecule has 0 fully saturated rings. The maximum Gasteiger partial charge on any atom is 0.303 e. The summed E-state index contributed by atoms with van der Waals surface area (Å²) < 4.78 is 24.2. The number of nitrogens with one attached hydrogen (secondary N) is 1. The van der Waals surface area contributed by atoms with Gasteiger partial charge in [0.05, 0.1) is 16.6 Å². The molecule has 2 N–H and O–H groups in total. The van der Waals surface area contributed by atoms with Gasteiger partial charge in [0.2, 0.25) is 5.91 Å². The Morgan fingerprint density at radius 2 is 1.52 bits per heavy atom. The van der Waals surface area contributed by atoms with Crippen molar-refractivity contribution in [1.82, 2.24) is 0 Å². The largest absolute Gasteiger partial charge is 0.481 e. The van der Waals surface area contributed by atoms with Gasteiger partial charge in [0.1, 0.15) is 0 Å². The third-order valence-corrected chi connectivity index (χ3v) is 6.27. The van der Waals surface area contributed by atoms with E-state index >= 15 is 0 Å². The molecule has 2 aromatic rings. The summed E-state index contributed by atoms with van der Waals surface area (Å²) in [5.41, 5.74) is 2.23. The van der Waals surface area contributed by atoms with Crippen LogP contribution in [-0.2, 0) is 32.3 Å². The highest BCUT2D eigenvalue weighted by molar-refractivity contribution is 7.92. The average Bonchev–Trinajstić information content (AvgIpc) is 2.61. The molecule has 0 aliphatic heterocycles. The van der Waals surface area contributed by atoms with E-state index in [-0.39, 0.29) is 23.6 Å². The molecule has 0 heterocycles. The fraction of sp³-hybridized carbons (Fsp3) is 0.300. The molecule has 0 spiro atoms. The maximum atomic E-state index is 12.2. The number of sulfone groups is 1. The van der Waals surface area contributed by atoms with E-state index < -0.39 is 21.1 Å². The minimum atomic E-state index is -3.32. The van der Waals surface area contributed by atoms with Crippen molar-refractivity contribution in [2.45, 2.75) is 43.3 Å². The molecular formula is C20H23NO5S. The second kappa shape index (κ2) is 8.81. The number of aliphatic carboxylic acids is 1. The van der Waals surface area contributed by atoms with Crippen molar-refractivity contribution < 1.29 is 23.1 Å². The first-order valence-electron chi connectivity index (χ1n) is 8.62. The summed E-state index contributed by atoms with van der Waals surface area (Å²) >= 11 is 0. The standard InChI is InChI=1S/C20H23NO5S/c1-14(2)27(25,26)18-10-5-16(6-11-18)13-19(22)21-17-8-3-15(4-9-17)7-12-20(23)24/h3-6,8-11,14H,7,12-13H2,1-2H3,(H,21,22)(H,23,24). The maximum absolute atomic E-state index is 12.2. The number of rotatable bonds is 8. The van der Waals surface area contributed by atoms with Crippen molar-refractivity contribution >= 4 is 27.4 Å². The second-order valence-corrected chi connectivity index (χ2v) is 9.06. The summed E-state index contributed by atoms with van der Waals surface area (Å²) in [7, 11) is -3.32. The predicted octanol–water partition coefficient (Wildman–Crippen LogP) is 3.07. The highest BCUT2D eigenvalue weighted by atomic mass is 32.2. The summed E-state index contributed by atoms with van der Waals surface area (Å²) in [5.74, 6) is -1.06. The van der Waals surface area contributed by atoms with Crippen LogP contribution in [0, 0.1) is 0 Å². The molecule has 0 aliphatic carbocycles. The molecule has 0 radical (unpaired) electrons. The number of carbonyl (C=O) groups excluding carboxylic acids is 1. The lowest BCUT2D eigenvalue weighted by molar-refractivity contribution is -0.137. The number of hydrogen-bond donors (Lipinski definition) is 2. The topological polar surface area (TPSA) is 101 Å². The fourth-order valence-electron chi connectivity index (χ4n) is 2.47. The molecule has 0 saturated carbocycles. The Kier molecular flexibility index (Phi) is 6.74. The summed E-state index contributed by atoms with van der Waals surface area (Å²) in [5, 5.41) is 11.0. The van der Waals surface area contributed by atoms with E-state index in [1.54, 1.807) is 50.2 Å². The second-order valence-electron chi connectivity index (χ2n) is 6.55. The van der Waals surface area contributed by atoms with E-state index in [0.29, 0.717) is 17.7 Å². The van der Waals surface area contributed by atoms with Crippen LogP contribution < -0.4 is 5.32 Å². The van der Waals surface area contributed by atoms with Gasteiger partial charge in [-0.25, -0.2) is 8.42 Å². The molecule has 0 aromatic heterocycles. The number of benzene rings is 2. The summed E-state index contributed by atoms with van der Waals surface area (Å²) in [4.78, 5) is 23.0. The monoisotopic (exact) mass is 389 g/mol. The molecule has 27 heavy (non-hydrogen) atoms. The molecule has 2 rings (SSSR count). The SMILES string of the molecule is CC(C)S(=O)(=O)c1ccc(CC(=O)Nc2ccc(CCC(=O)O)cc2)cc1. The van der Waals surface area contributed by atoms with E-state index in [0.717, 1.165) is 5.56 Å². The van der Waals surface area contributed by atoms with Gasteiger partial charge in [0.15, 0.2) is 9.84 Å². The predicted molar refractivity (Wildman–Crippen MR) is 103 cm³/mol. The molecule has 6 nitrogen and oxygen atoms in total. The zero-order valence-corrected chi connectivity index (χ0v) is 16.1. The van der Waals surface area contributed by atoms with Crippen LogP contribution in [0.25, 0.3) is 0 Å². The first-order chi connectivity index (χ1) is 12.7. The van der Waals surface area contributed by atoms with Gasteiger partial charge in [0, 0.05) is 12.1 Å². The van der Waals surface area contributed by atoms with Crippen LogP contribution in [0.1, 0.15) is 31.4 Å². The lowest BCUT2D eigenvalue weighted by atomic mass is 10.1. The van der Waals surface area contributed by atoms with Gasteiger partial charge in [-0.3, -0.25) is 9.59 Å². The number of aryl methyl sites for hydroxylation is 1. The zero-order valence-electron chi connectivity index (χ0n) is 15.3. The van der Waals surface area contributed by atoms with Gasteiger partial charge < -0.3 is 10.4 Å². The van der Waals surface area contributed by atoms with E-state index in [1.165, 1.54) is 12.1 Å². The number of carbonyl (C=O) groups is 2. The van der Waals surface area contributed by atoms with E-state index in [4.69, 9.17) is 5.11 Å². The molecule has 0 atom stereocenters. The zero-order chi connectivity index (χ0) is 20.0.